The van der Waals surface area contributed by atoms with Crippen molar-refractivity contribution in [1.29, 1.82) is 0 Å². The van der Waals surface area contributed by atoms with Crippen molar-refractivity contribution >= 4 is 28.9 Å². The Morgan fingerprint density at radius 3 is 2.22 bits per heavy atom. The van der Waals surface area contributed by atoms with Gasteiger partial charge in [0.05, 0.1) is 18.1 Å². The SMILES string of the molecule is O=C(Nc1ccc(C(=O)N2CCOCC2)cc1)c1ccc(N2CCCCC2)c([N+](=O)[O-])c1. The molecule has 2 heterocycles. The van der Waals surface area contributed by atoms with Crippen molar-refractivity contribution in [3.63, 3.8) is 0 Å². The molecule has 2 saturated heterocycles. The molecule has 1 N–H and O–H groups in total. The summed E-state index contributed by atoms with van der Waals surface area (Å²) < 4.78 is 5.27. The molecule has 0 bridgehead atoms. The highest BCUT2D eigenvalue weighted by molar-refractivity contribution is 6.05. The number of carbonyl (C=O) groups excluding carboxylic acids is 2. The van der Waals surface area contributed by atoms with Gasteiger partial charge in [0, 0.05) is 49.1 Å². The maximum Gasteiger partial charge on any atom is 0.293 e. The van der Waals surface area contributed by atoms with Crippen molar-refractivity contribution in [2.75, 3.05) is 49.6 Å². The molecule has 0 aromatic heterocycles. The zero-order valence-corrected chi connectivity index (χ0v) is 17.8. The summed E-state index contributed by atoms with van der Waals surface area (Å²) in [6.07, 6.45) is 3.13. The average Bonchev–Trinajstić information content (AvgIpc) is 2.84. The van der Waals surface area contributed by atoms with Crippen LogP contribution in [0, 0.1) is 10.1 Å². The normalized spacial score (nSPS) is 16.5. The summed E-state index contributed by atoms with van der Waals surface area (Å²) in [4.78, 5) is 40.2. The third-order valence-corrected chi connectivity index (χ3v) is 5.82. The van der Waals surface area contributed by atoms with E-state index in [1.165, 1.54) is 6.07 Å². The fourth-order valence-electron chi connectivity index (χ4n) is 4.06. The lowest BCUT2D eigenvalue weighted by atomic mass is 10.1. The van der Waals surface area contributed by atoms with Crippen LogP contribution in [-0.2, 0) is 4.74 Å². The van der Waals surface area contributed by atoms with Crippen molar-refractivity contribution < 1.29 is 19.2 Å². The number of hydrogen-bond donors (Lipinski definition) is 1. The van der Waals surface area contributed by atoms with Crippen LogP contribution in [0.3, 0.4) is 0 Å². The van der Waals surface area contributed by atoms with Gasteiger partial charge in [-0.3, -0.25) is 19.7 Å². The van der Waals surface area contributed by atoms with E-state index in [-0.39, 0.29) is 17.2 Å². The van der Waals surface area contributed by atoms with E-state index in [2.05, 4.69) is 5.32 Å². The molecule has 0 radical (unpaired) electrons. The highest BCUT2D eigenvalue weighted by Gasteiger charge is 2.23. The first kappa shape index (κ1) is 21.8. The molecule has 0 atom stereocenters. The number of piperidine rings is 1. The molecular weight excluding hydrogens is 412 g/mol. The number of nitro groups is 1. The van der Waals surface area contributed by atoms with Gasteiger partial charge < -0.3 is 19.9 Å². The Morgan fingerprint density at radius 2 is 1.56 bits per heavy atom. The number of carbonyl (C=O) groups is 2. The first-order valence-electron chi connectivity index (χ1n) is 10.8. The summed E-state index contributed by atoms with van der Waals surface area (Å²) in [6.45, 7) is 3.74. The van der Waals surface area contributed by atoms with E-state index >= 15 is 0 Å². The molecule has 2 amide bonds. The minimum atomic E-state index is -0.439. The minimum absolute atomic E-state index is 0.0639. The van der Waals surface area contributed by atoms with E-state index < -0.39 is 10.8 Å². The number of anilines is 2. The number of morpholine rings is 1. The Morgan fingerprint density at radius 1 is 0.906 bits per heavy atom. The van der Waals surface area contributed by atoms with Crippen LogP contribution in [0.4, 0.5) is 17.1 Å². The van der Waals surface area contributed by atoms with E-state index in [0.717, 1.165) is 32.4 Å². The van der Waals surface area contributed by atoms with Gasteiger partial charge in [-0.2, -0.15) is 0 Å². The Kier molecular flexibility index (Phi) is 6.65. The van der Waals surface area contributed by atoms with Crippen LogP contribution in [0.5, 0.6) is 0 Å². The zero-order chi connectivity index (χ0) is 22.5. The fraction of sp³-hybridized carbons (Fsp3) is 0.391. The smallest absolute Gasteiger partial charge is 0.293 e. The number of amides is 2. The fourth-order valence-corrected chi connectivity index (χ4v) is 4.06. The topological polar surface area (TPSA) is 105 Å². The third-order valence-electron chi connectivity index (χ3n) is 5.82. The van der Waals surface area contributed by atoms with Crippen molar-refractivity contribution in [3.05, 3.63) is 63.7 Å². The van der Waals surface area contributed by atoms with E-state index in [1.807, 2.05) is 4.90 Å². The number of hydrogen-bond acceptors (Lipinski definition) is 6. The summed E-state index contributed by atoms with van der Waals surface area (Å²) in [5, 5.41) is 14.4. The van der Waals surface area contributed by atoms with Gasteiger partial charge in [0.25, 0.3) is 17.5 Å². The largest absolute Gasteiger partial charge is 0.378 e. The number of nitro benzene ring substituents is 1. The number of ether oxygens (including phenoxy) is 1. The molecule has 168 valence electrons. The van der Waals surface area contributed by atoms with Crippen molar-refractivity contribution in [1.82, 2.24) is 4.90 Å². The van der Waals surface area contributed by atoms with Crippen LogP contribution in [0.2, 0.25) is 0 Å². The Hall–Kier alpha value is -3.46. The number of rotatable bonds is 5. The number of nitrogens with zero attached hydrogens (tertiary/aromatic N) is 3. The molecule has 0 saturated carbocycles. The van der Waals surface area contributed by atoms with Gasteiger partial charge in [-0.1, -0.05) is 0 Å². The lowest BCUT2D eigenvalue weighted by molar-refractivity contribution is -0.384. The molecule has 0 spiro atoms. The number of nitrogens with one attached hydrogen (secondary N) is 1. The monoisotopic (exact) mass is 438 g/mol. The summed E-state index contributed by atoms with van der Waals surface area (Å²) >= 11 is 0. The molecule has 9 heteroatoms. The van der Waals surface area contributed by atoms with Crippen LogP contribution in [0.25, 0.3) is 0 Å². The van der Waals surface area contributed by atoms with Crippen molar-refractivity contribution in [2.45, 2.75) is 19.3 Å². The van der Waals surface area contributed by atoms with Gasteiger partial charge in [-0.15, -0.1) is 0 Å². The van der Waals surface area contributed by atoms with Crippen LogP contribution in [-0.4, -0.2) is 61.0 Å². The molecule has 4 rings (SSSR count). The maximum atomic E-state index is 12.7. The molecule has 2 aromatic carbocycles. The Bertz CT molecular complexity index is 996. The molecule has 2 aliphatic heterocycles. The molecule has 9 nitrogen and oxygen atoms in total. The lowest BCUT2D eigenvalue weighted by Gasteiger charge is -2.28. The van der Waals surface area contributed by atoms with E-state index in [0.29, 0.717) is 43.2 Å². The van der Waals surface area contributed by atoms with Gasteiger partial charge in [0.2, 0.25) is 0 Å². The Balaban J connectivity index is 1.45. The molecule has 0 unspecified atom stereocenters. The lowest BCUT2D eigenvalue weighted by Crippen LogP contribution is -2.40. The zero-order valence-electron chi connectivity index (χ0n) is 17.8. The van der Waals surface area contributed by atoms with Crippen molar-refractivity contribution in [2.24, 2.45) is 0 Å². The second-order valence-corrected chi connectivity index (χ2v) is 7.94. The van der Waals surface area contributed by atoms with Gasteiger partial charge in [0.1, 0.15) is 5.69 Å². The average molecular weight is 438 g/mol. The van der Waals surface area contributed by atoms with E-state index in [4.69, 9.17) is 4.74 Å². The minimum Gasteiger partial charge on any atom is -0.378 e. The predicted molar refractivity (Wildman–Crippen MR) is 120 cm³/mol. The summed E-state index contributed by atoms with van der Waals surface area (Å²) in [5.41, 5.74) is 1.75. The second kappa shape index (κ2) is 9.78. The molecule has 0 aliphatic carbocycles. The standard InChI is InChI=1S/C23H26N4O5/c28-22(18-6-9-20(21(16-18)27(30)31)25-10-2-1-3-11-25)24-19-7-4-17(5-8-19)23(29)26-12-14-32-15-13-26/h4-9,16H,1-3,10-15H2,(H,24,28). The highest BCUT2D eigenvalue weighted by Crippen LogP contribution is 2.31. The van der Waals surface area contributed by atoms with E-state index in [1.54, 1.807) is 41.3 Å². The van der Waals surface area contributed by atoms with Crippen LogP contribution < -0.4 is 10.2 Å². The highest BCUT2D eigenvalue weighted by atomic mass is 16.6. The molecule has 2 fully saturated rings. The summed E-state index contributed by atoms with van der Waals surface area (Å²) in [5.74, 6) is -0.513. The van der Waals surface area contributed by atoms with Gasteiger partial charge >= 0.3 is 0 Å². The third kappa shape index (κ3) is 4.88. The second-order valence-electron chi connectivity index (χ2n) is 7.94. The molecular formula is C23H26N4O5. The Labute approximate surface area is 186 Å². The maximum absolute atomic E-state index is 12.7. The van der Waals surface area contributed by atoms with E-state index in [9.17, 15) is 19.7 Å². The number of benzene rings is 2. The quantitative estimate of drug-likeness (QED) is 0.567. The van der Waals surface area contributed by atoms with Gasteiger partial charge in [-0.25, -0.2) is 0 Å². The van der Waals surface area contributed by atoms with Crippen LogP contribution in [0.1, 0.15) is 40.0 Å². The van der Waals surface area contributed by atoms with Gasteiger partial charge in [0.15, 0.2) is 0 Å². The molecule has 2 aliphatic rings. The molecule has 32 heavy (non-hydrogen) atoms. The summed E-state index contributed by atoms with van der Waals surface area (Å²) in [7, 11) is 0. The molecule has 2 aromatic rings. The summed E-state index contributed by atoms with van der Waals surface area (Å²) in [6, 6.07) is 11.2. The van der Waals surface area contributed by atoms with Crippen LogP contribution >= 0.6 is 0 Å². The predicted octanol–water partition coefficient (Wildman–Crippen LogP) is 3.31. The van der Waals surface area contributed by atoms with Crippen molar-refractivity contribution in [3.8, 4) is 0 Å². The first-order valence-corrected chi connectivity index (χ1v) is 10.8. The first-order chi connectivity index (χ1) is 15.5. The van der Waals surface area contributed by atoms with Gasteiger partial charge in [-0.05, 0) is 55.7 Å². The van der Waals surface area contributed by atoms with Crippen LogP contribution in [0.15, 0.2) is 42.5 Å².